The Labute approximate surface area is 353 Å². The van der Waals surface area contributed by atoms with E-state index in [2.05, 4.69) is 20.5 Å². The first kappa shape index (κ1) is 42.7. The van der Waals surface area contributed by atoms with Crippen LogP contribution in [0.3, 0.4) is 0 Å². The Bertz CT molecular complexity index is 2600. The van der Waals surface area contributed by atoms with Crippen LogP contribution in [0.15, 0.2) is 127 Å². The number of carboxylic acids is 2. The van der Waals surface area contributed by atoms with Crippen LogP contribution in [0.2, 0.25) is 0 Å². The van der Waals surface area contributed by atoms with Gasteiger partial charge >= 0.3 is 48.9 Å². The molecule has 19 heteroatoms. The minimum absolute atomic E-state index is 0. The first-order chi connectivity index (χ1) is 25.4. The zero-order valence-electron chi connectivity index (χ0n) is 28.6. The fourth-order valence-corrected chi connectivity index (χ4v) is 6.59. The topological polar surface area (TPSA) is 279 Å². The van der Waals surface area contributed by atoms with E-state index in [1.165, 1.54) is 36.4 Å². The van der Waals surface area contributed by atoms with Crippen LogP contribution < -0.4 is 10.2 Å². The van der Waals surface area contributed by atoms with Crippen LogP contribution in [-0.2, 0) is 20.2 Å². The largest absolute Gasteiger partial charge is 2.00 e. The van der Waals surface area contributed by atoms with Gasteiger partial charge in [-0.05, 0) is 72.1 Å². The monoisotopic (exact) mass is 908 g/mol. The summed E-state index contributed by atoms with van der Waals surface area (Å²) in [6.07, 6.45) is 0. The summed E-state index contributed by atoms with van der Waals surface area (Å²) in [5.41, 5.74) is -0.426. The maximum Gasteiger partial charge on any atom is 2.00 e. The third-order valence-corrected chi connectivity index (χ3v) is 9.50. The van der Waals surface area contributed by atoms with Gasteiger partial charge in [-0.3, -0.25) is 9.11 Å². The third kappa shape index (κ3) is 9.81. The Morgan fingerprint density at radius 3 is 1.22 bits per heavy atom. The number of carbonyl (C=O) groups is 2. The van der Waals surface area contributed by atoms with Gasteiger partial charge < -0.3 is 30.0 Å². The molecule has 6 rings (SSSR count). The molecule has 276 valence electrons. The summed E-state index contributed by atoms with van der Waals surface area (Å²) in [7, 11) is -9.11. The second kappa shape index (κ2) is 17.2. The van der Waals surface area contributed by atoms with Gasteiger partial charge in [-0.25, -0.2) is 0 Å². The van der Waals surface area contributed by atoms with Crippen LogP contribution in [0.25, 0.3) is 21.5 Å². The van der Waals surface area contributed by atoms with Crippen molar-refractivity contribution in [2.24, 2.45) is 20.5 Å². The number of phenols is 2. The summed E-state index contributed by atoms with van der Waals surface area (Å²) in [5.74, 6) is -4.50. The Kier molecular flexibility index (Phi) is 13.3. The molecule has 0 aliphatic rings. The van der Waals surface area contributed by atoms with Crippen LogP contribution in [0.4, 0.5) is 22.7 Å². The van der Waals surface area contributed by atoms with Gasteiger partial charge in [0.25, 0.3) is 20.2 Å². The number of aromatic hydroxyl groups is 2. The van der Waals surface area contributed by atoms with Crippen LogP contribution in [-0.4, -0.2) is 97.0 Å². The van der Waals surface area contributed by atoms with E-state index in [9.17, 15) is 56.0 Å². The van der Waals surface area contributed by atoms with Crippen molar-refractivity contribution in [3.8, 4) is 11.5 Å². The molecule has 0 radical (unpaired) electrons. The van der Waals surface area contributed by atoms with E-state index in [1.54, 1.807) is 74.5 Å². The quantitative estimate of drug-likeness (QED) is 0.0851. The normalized spacial score (nSPS) is 11.7. The van der Waals surface area contributed by atoms with Crippen molar-refractivity contribution in [3.63, 3.8) is 0 Å². The molecule has 0 amide bonds. The van der Waals surface area contributed by atoms with Gasteiger partial charge in [0.05, 0.1) is 11.9 Å². The van der Waals surface area contributed by atoms with Crippen molar-refractivity contribution in [2.45, 2.75) is 23.6 Å². The van der Waals surface area contributed by atoms with Gasteiger partial charge in [-0.15, -0.1) is 20.5 Å². The van der Waals surface area contributed by atoms with E-state index in [0.29, 0.717) is 32.7 Å². The molecule has 0 fully saturated rings. The molecule has 16 nitrogen and oxygen atoms in total. The molecule has 4 N–H and O–H groups in total. The number of rotatable bonds is 8. The number of nitrogens with zero attached hydrogens (tertiary/aromatic N) is 4. The summed E-state index contributed by atoms with van der Waals surface area (Å²) in [4.78, 5) is 21.6. The van der Waals surface area contributed by atoms with E-state index < -0.39 is 64.6 Å². The Morgan fingerprint density at radius 1 is 0.545 bits per heavy atom. The number of aryl methyl sites for hydroxylation is 2. The third-order valence-electron chi connectivity index (χ3n) is 7.73. The summed E-state index contributed by atoms with van der Waals surface area (Å²) in [6.45, 7) is 3.27. The maximum absolute atomic E-state index is 11.6. The SMILES string of the molecule is Cc1ccc(N=Nc2c(O)c(C(=O)[O-])cc3ccccc23)c(S(=O)(=O)O)c1.Cc1ccc(N=Nc2c(O)c(C(=O)[O-])cc3ccccc23)c(S(=O)(=O)O)c1.[Ba+2]. The van der Waals surface area contributed by atoms with Crippen molar-refractivity contribution in [1.29, 1.82) is 0 Å². The molecule has 6 aromatic rings. The van der Waals surface area contributed by atoms with Gasteiger partial charge in [0, 0.05) is 21.9 Å². The zero-order valence-corrected chi connectivity index (χ0v) is 34.7. The van der Waals surface area contributed by atoms with Crippen LogP contribution >= 0.6 is 0 Å². The number of aromatic carboxylic acids is 2. The molecule has 0 aromatic heterocycles. The predicted molar refractivity (Wildman–Crippen MR) is 196 cm³/mol. The van der Waals surface area contributed by atoms with Gasteiger partial charge in [-0.1, -0.05) is 60.7 Å². The first-order valence-electron chi connectivity index (χ1n) is 15.3. The van der Waals surface area contributed by atoms with E-state index in [0.717, 1.165) is 0 Å². The summed E-state index contributed by atoms with van der Waals surface area (Å²) in [5, 5.41) is 60.1. The molecule has 0 saturated carbocycles. The van der Waals surface area contributed by atoms with Gasteiger partial charge in [0.1, 0.15) is 32.5 Å². The second-order valence-corrected chi connectivity index (χ2v) is 14.3. The molecule has 0 aliphatic heterocycles. The summed E-state index contributed by atoms with van der Waals surface area (Å²) in [6, 6.07) is 23.9. The maximum atomic E-state index is 11.6. The molecule has 0 aliphatic carbocycles. The minimum atomic E-state index is -4.55. The van der Waals surface area contributed by atoms with Crippen LogP contribution in [0.1, 0.15) is 31.8 Å². The van der Waals surface area contributed by atoms with Gasteiger partial charge in [-0.2, -0.15) is 16.8 Å². The average Bonchev–Trinajstić information content (AvgIpc) is 3.10. The Balaban J connectivity index is 0.000000240. The molecule has 0 bridgehead atoms. The van der Waals surface area contributed by atoms with Crippen molar-refractivity contribution in [2.75, 3.05) is 0 Å². The number of hydrogen-bond acceptors (Lipinski definition) is 14. The van der Waals surface area contributed by atoms with Crippen molar-refractivity contribution < 1.29 is 56.0 Å². The first-order valence-corrected chi connectivity index (χ1v) is 18.2. The molecule has 0 unspecified atom stereocenters. The van der Waals surface area contributed by atoms with Crippen molar-refractivity contribution >= 4 is 125 Å². The van der Waals surface area contributed by atoms with Crippen LogP contribution in [0, 0.1) is 13.8 Å². The molecule has 0 spiro atoms. The molecule has 55 heavy (non-hydrogen) atoms. The van der Waals surface area contributed by atoms with Crippen molar-refractivity contribution in [1.82, 2.24) is 0 Å². The molecular formula is C36H26BaN4O12S2. The molecule has 0 atom stereocenters. The predicted octanol–water partition coefficient (Wildman–Crippen LogP) is 5.38. The minimum Gasteiger partial charge on any atom is -0.545 e. The Hall–Kier alpha value is -5.03. The number of hydrogen-bond donors (Lipinski definition) is 4. The number of carboxylic acid groups (broad SMARTS) is 2. The van der Waals surface area contributed by atoms with Gasteiger partial charge in [0.15, 0.2) is 11.5 Å². The van der Waals surface area contributed by atoms with Crippen LogP contribution in [0.5, 0.6) is 11.5 Å². The summed E-state index contributed by atoms with van der Waals surface area (Å²) < 4.78 is 65.0. The van der Waals surface area contributed by atoms with Crippen molar-refractivity contribution in [3.05, 3.63) is 119 Å². The van der Waals surface area contributed by atoms with E-state index in [-0.39, 0.29) is 71.6 Å². The zero-order chi connectivity index (χ0) is 39.5. The second-order valence-electron chi connectivity index (χ2n) is 11.6. The molecule has 0 saturated heterocycles. The number of fused-ring (bicyclic) bond motifs is 2. The van der Waals surface area contributed by atoms with E-state index >= 15 is 0 Å². The Morgan fingerprint density at radius 2 is 0.891 bits per heavy atom. The number of azo groups is 2. The molecular weight excluding hydrogens is 882 g/mol. The smallest absolute Gasteiger partial charge is 0.545 e. The fraction of sp³-hybridized carbons (Fsp3) is 0.0556. The summed E-state index contributed by atoms with van der Waals surface area (Å²) >= 11 is 0. The van der Waals surface area contributed by atoms with Gasteiger partial charge in [0.2, 0.25) is 0 Å². The van der Waals surface area contributed by atoms with E-state index in [4.69, 9.17) is 0 Å². The van der Waals surface area contributed by atoms with E-state index in [1.807, 2.05) is 0 Å². The fourth-order valence-electron chi connectivity index (χ4n) is 5.18. The number of benzene rings is 6. The molecule has 6 aromatic carbocycles. The standard InChI is InChI=1S/2C18H14N2O6S.Ba/c2*1-10-6-7-14(15(8-10)27(24,25)26)19-20-16-12-5-3-2-4-11(12)9-13(17(16)21)18(22)23;/h2*2-9,21H,1H3,(H,22,23)(H,24,25,26);/q;;+2/p-2. The number of carbonyl (C=O) groups excluding carboxylic acids is 2. The average molecular weight is 908 g/mol. The molecule has 0 heterocycles.